The molecule has 1 amide bonds. The molecule has 2 N–H and O–H groups in total. The van der Waals surface area contributed by atoms with Gasteiger partial charge in [0.05, 0.1) is 5.69 Å². The van der Waals surface area contributed by atoms with Crippen molar-refractivity contribution in [1.82, 2.24) is 5.01 Å². The molecule has 1 aliphatic rings. The van der Waals surface area contributed by atoms with Crippen LogP contribution in [0.1, 0.15) is 18.9 Å². The van der Waals surface area contributed by atoms with Crippen molar-refractivity contribution < 1.29 is 4.79 Å². The molecule has 1 aliphatic heterocycles. The average molecular weight is 233 g/mol. The Labute approximate surface area is 102 Å². The summed E-state index contributed by atoms with van der Waals surface area (Å²) in [6, 6.07) is 8.06. The number of carbonyl (C=O) groups is 1. The van der Waals surface area contributed by atoms with Crippen molar-refractivity contribution in [1.29, 1.82) is 0 Å². The first-order valence-electron chi connectivity index (χ1n) is 5.98. The second-order valence-corrected chi connectivity index (χ2v) is 4.68. The molecule has 0 saturated carbocycles. The molecule has 4 nitrogen and oxygen atoms in total. The van der Waals surface area contributed by atoms with Gasteiger partial charge in [0, 0.05) is 25.6 Å². The van der Waals surface area contributed by atoms with Crippen LogP contribution in [0.25, 0.3) is 0 Å². The molecule has 1 unspecified atom stereocenters. The van der Waals surface area contributed by atoms with E-state index in [0.29, 0.717) is 13.0 Å². The fraction of sp³-hybridized carbons (Fsp3) is 0.462. The minimum Gasteiger partial charge on any atom is -0.327 e. The number of hydrogen-bond acceptors (Lipinski definition) is 3. The summed E-state index contributed by atoms with van der Waals surface area (Å²) in [5, 5.41) is 3.78. The number of aryl methyl sites for hydroxylation is 1. The van der Waals surface area contributed by atoms with Crippen LogP contribution in [0, 0.1) is 6.92 Å². The highest BCUT2D eigenvalue weighted by Gasteiger charge is 2.30. The summed E-state index contributed by atoms with van der Waals surface area (Å²) in [6.45, 7) is 5.46. The predicted octanol–water partition coefficient (Wildman–Crippen LogP) is 1.30. The quantitative estimate of drug-likeness (QED) is 0.856. The maximum Gasteiger partial charge on any atom is 0.242 e. The lowest BCUT2D eigenvalue weighted by Gasteiger charge is -2.29. The molecule has 0 aromatic heterocycles. The van der Waals surface area contributed by atoms with Crippen LogP contribution in [-0.4, -0.2) is 30.0 Å². The van der Waals surface area contributed by atoms with Crippen LogP contribution >= 0.6 is 0 Å². The monoisotopic (exact) mass is 233 g/mol. The standard InChI is InChI=1S/C13H19N3O/c1-10-3-5-12(6-4-10)16-13(17)7-8-15(16)9-11(2)14/h3-6,11H,7-9,14H2,1-2H3. The van der Waals surface area contributed by atoms with Crippen LogP contribution < -0.4 is 10.7 Å². The van der Waals surface area contributed by atoms with Gasteiger partial charge < -0.3 is 5.73 Å². The number of rotatable bonds is 3. The van der Waals surface area contributed by atoms with E-state index in [2.05, 4.69) is 0 Å². The van der Waals surface area contributed by atoms with Crippen molar-refractivity contribution in [3.8, 4) is 0 Å². The van der Waals surface area contributed by atoms with E-state index in [1.165, 1.54) is 5.56 Å². The third kappa shape index (κ3) is 2.65. The Hall–Kier alpha value is -1.39. The molecule has 0 bridgehead atoms. The summed E-state index contributed by atoms with van der Waals surface area (Å²) in [5.74, 6) is 0.148. The summed E-state index contributed by atoms with van der Waals surface area (Å²) in [5.41, 5.74) is 7.93. The Morgan fingerprint density at radius 1 is 1.35 bits per heavy atom. The van der Waals surface area contributed by atoms with Gasteiger partial charge in [0.15, 0.2) is 0 Å². The second kappa shape index (κ2) is 4.85. The topological polar surface area (TPSA) is 49.6 Å². The Balaban J connectivity index is 2.21. The lowest BCUT2D eigenvalue weighted by Crippen LogP contribution is -2.44. The highest BCUT2D eigenvalue weighted by Crippen LogP contribution is 2.23. The van der Waals surface area contributed by atoms with E-state index in [1.807, 2.05) is 43.1 Å². The molecule has 1 saturated heterocycles. The van der Waals surface area contributed by atoms with E-state index in [0.717, 1.165) is 12.2 Å². The van der Waals surface area contributed by atoms with Gasteiger partial charge in [-0.05, 0) is 26.0 Å². The molecule has 1 fully saturated rings. The van der Waals surface area contributed by atoms with E-state index < -0.39 is 0 Å². The zero-order valence-corrected chi connectivity index (χ0v) is 10.4. The zero-order chi connectivity index (χ0) is 12.4. The molecule has 92 valence electrons. The normalized spacial score (nSPS) is 18.8. The van der Waals surface area contributed by atoms with Gasteiger partial charge in [0.1, 0.15) is 0 Å². The summed E-state index contributed by atoms with van der Waals surface area (Å²) >= 11 is 0. The van der Waals surface area contributed by atoms with Gasteiger partial charge in [0.25, 0.3) is 0 Å². The Kier molecular flexibility index (Phi) is 3.45. The Morgan fingerprint density at radius 2 is 2.00 bits per heavy atom. The molecule has 4 heteroatoms. The molecule has 0 radical (unpaired) electrons. The highest BCUT2D eigenvalue weighted by atomic mass is 16.2. The lowest BCUT2D eigenvalue weighted by molar-refractivity contribution is -0.118. The fourth-order valence-electron chi connectivity index (χ4n) is 2.09. The fourth-order valence-corrected chi connectivity index (χ4v) is 2.09. The minimum atomic E-state index is 0.0637. The first-order valence-corrected chi connectivity index (χ1v) is 5.98. The van der Waals surface area contributed by atoms with Crippen molar-refractivity contribution in [2.45, 2.75) is 26.3 Å². The number of carbonyl (C=O) groups excluding carboxylic acids is 1. The first kappa shape index (κ1) is 12.1. The van der Waals surface area contributed by atoms with Gasteiger partial charge in [-0.1, -0.05) is 17.7 Å². The molecule has 1 heterocycles. The van der Waals surface area contributed by atoms with Crippen molar-refractivity contribution in [3.05, 3.63) is 29.8 Å². The molecule has 0 spiro atoms. The number of hydrogen-bond donors (Lipinski definition) is 1. The molecule has 1 aromatic carbocycles. The third-order valence-corrected chi connectivity index (χ3v) is 2.88. The lowest BCUT2D eigenvalue weighted by atomic mass is 10.2. The summed E-state index contributed by atoms with van der Waals surface area (Å²) in [6.07, 6.45) is 0.570. The number of nitrogens with two attached hydrogens (primary N) is 1. The maximum absolute atomic E-state index is 11.9. The molecule has 2 rings (SSSR count). The van der Waals surface area contributed by atoms with Crippen LogP contribution in [0.5, 0.6) is 0 Å². The summed E-state index contributed by atoms with van der Waals surface area (Å²) < 4.78 is 0. The van der Waals surface area contributed by atoms with Gasteiger partial charge >= 0.3 is 0 Å². The van der Waals surface area contributed by atoms with Crippen molar-refractivity contribution in [2.24, 2.45) is 5.73 Å². The van der Waals surface area contributed by atoms with Crippen LogP contribution in [-0.2, 0) is 4.79 Å². The van der Waals surface area contributed by atoms with Crippen LogP contribution in [0.15, 0.2) is 24.3 Å². The van der Waals surface area contributed by atoms with Crippen LogP contribution in [0.2, 0.25) is 0 Å². The van der Waals surface area contributed by atoms with Crippen molar-refractivity contribution in [3.63, 3.8) is 0 Å². The maximum atomic E-state index is 11.9. The molecule has 17 heavy (non-hydrogen) atoms. The van der Waals surface area contributed by atoms with Crippen LogP contribution in [0.4, 0.5) is 5.69 Å². The number of hydrazine groups is 1. The third-order valence-electron chi connectivity index (χ3n) is 2.88. The highest BCUT2D eigenvalue weighted by molar-refractivity contribution is 5.94. The smallest absolute Gasteiger partial charge is 0.242 e. The Morgan fingerprint density at radius 3 is 2.59 bits per heavy atom. The molecule has 0 aliphatic carbocycles. The van der Waals surface area contributed by atoms with E-state index >= 15 is 0 Å². The number of amides is 1. The van der Waals surface area contributed by atoms with Crippen molar-refractivity contribution >= 4 is 11.6 Å². The molecular formula is C13H19N3O. The van der Waals surface area contributed by atoms with Gasteiger partial charge in [0.2, 0.25) is 5.91 Å². The number of benzene rings is 1. The Bertz CT molecular complexity index is 400. The predicted molar refractivity (Wildman–Crippen MR) is 68.5 cm³/mol. The van der Waals surface area contributed by atoms with E-state index in [9.17, 15) is 4.79 Å². The largest absolute Gasteiger partial charge is 0.327 e. The van der Waals surface area contributed by atoms with Gasteiger partial charge in [-0.2, -0.15) is 0 Å². The van der Waals surface area contributed by atoms with E-state index in [1.54, 1.807) is 5.01 Å². The van der Waals surface area contributed by atoms with Crippen LogP contribution in [0.3, 0.4) is 0 Å². The molecule has 1 atom stereocenters. The molecular weight excluding hydrogens is 214 g/mol. The second-order valence-electron chi connectivity index (χ2n) is 4.68. The number of nitrogens with zero attached hydrogens (tertiary/aromatic N) is 2. The summed E-state index contributed by atoms with van der Waals surface area (Å²) in [4.78, 5) is 11.9. The van der Waals surface area contributed by atoms with Gasteiger partial charge in [-0.15, -0.1) is 0 Å². The zero-order valence-electron chi connectivity index (χ0n) is 10.4. The van der Waals surface area contributed by atoms with Crippen molar-refractivity contribution in [2.75, 3.05) is 18.1 Å². The first-order chi connectivity index (χ1) is 8.08. The van der Waals surface area contributed by atoms with E-state index in [4.69, 9.17) is 5.73 Å². The SMILES string of the molecule is Cc1ccc(N2C(=O)CCN2CC(C)N)cc1. The summed E-state index contributed by atoms with van der Waals surface area (Å²) in [7, 11) is 0. The molecule has 1 aromatic rings. The van der Waals surface area contributed by atoms with Gasteiger partial charge in [-0.25, -0.2) is 10.0 Å². The number of anilines is 1. The van der Waals surface area contributed by atoms with Gasteiger partial charge in [-0.3, -0.25) is 4.79 Å². The average Bonchev–Trinajstić information content (AvgIpc) is 2.61. The van der Waals surface area contributed by atoms with E-state index in [-0.39, 0.29) is 11.9 Å². The minimum absolute atomic E-state index is 0.0637.